The van der Waals surface area contributed by atoms with Crippen LogP contribution in [0, 0.1) is 0 Å². The molecule has 1 amide bonds. The Morgan fingerprint density at radius 2 is 2.14 bits per heavy atom. The number of hydrogen-bond acceptors (Lipinski definition) is 5. The molecule has 1 heterocycles. The number of amides is 1. The second kappa shape index (κ2) is 7.13. The standard InChI is InChI=1S/C15H17N3O3S/c1-3-10-4-6-11(7-5-10)9(2)17-18-15-16-14(21)12(22-15)8-13(19)20/h4-7,12,17H,2-3,8H2,1H3,(H,19,20)(H,16,18,21). The topological polar surface area (TPSA) is 90.8 Å². The highest BCUT2D eigenvalue weighted by molar-refractivity contribution is 8.15. The molecule has 0 saturated carbocycles. The third kappa shape index (κ3) is 4.11. The first kappa shape index (κ1) is 16.1. The van der Waals surface area contributed by atoms with E-state index in [1.807, 2.05) is 24.3 Å². The number of carboxylic acid groups (broad SMARTS) is 1. The van der Waals surface area contributed by atoms with E-state index in [1.165, 1.54) is 5.56 Å². The molecule has 2 rings (SSSR count). The molecule has 0 aliphatic carbocycles. The lowest BCUT2D eigenvalue weighted by molar-refractivity contribution is -0.138. The van der Waals surface area contributed by atoms with Crippen LogP contribution in [0.25, 0.3) is 5.70 Å². The molecule has 0 aromatic heterocycles. The molecule has 1 aromatic rings. The summed E-state index contributed by atoms with van der Waals surface area (Å²) >= 11 is 1.10. The number of benzene rings is 1. The molecule has 0 radical (unpaired) electrons. The summed E-state index contributed by atoms with van der Waals surface area (Å²) in [5.41, 5.74) is 5.52. The fourth-order valence-electron chi connectivity index (χ4n) is 1.88. The molecule has 1 atom stereocenters. The van der Waals surface area contributed by atoms with Crippen molar-refractivity contribution in [2.45, 2.75) is 25.0 Å². The van der Waals surface area contributed by atoms with Crippen molar-refractivity contribution in [1.29, 1.82) is 0 Å². The molecule has 1 saturated heterocycles. The maximum atomic E-state index is 11.6. The lowest BCUT2D eigenvalue weighted by atomic mass is 10.1. The van der Waals surface area contributed by atoms with Gasteiger partial charge >= 0.3 is 5.97 Å². The monoisotopic (exact) mass is 319 g/mol. The number of hydrogen-bond donors (Lipinski definition) is 3. The number of carbonyl (C=O) groups excluding carboxylic acids is 1. The van der Waals surface area contributed by atoms with Gasteiger partial charge < -0.3 is 10.4 Å². The molecule has 6 nitrogen and oxygen atoms in total. The van der Waals surface area contributed by atoms with Crippen LogP contribution in [-0.4, -0.2) is 27.4 Å². The van der Waals surface area contributed by atoms with Gasteiger partial charge in [0, 0.05) is 0 Å². The zero-order valence-corrected chi connectivity index (χ0v) is 12.9. The predicted octanol–water partition coefficient (Wildman–Crippen LogP) is 1.79. The molecule has 3 N–H and O–H groups in total. The minimum absolute atomic E-state index is 0.227. The van der Waals surface area contributed by atoms with E-state index in [-0.39, 0.29) is 12.3 Å². The van der Waals surface area contributed by atoms with Crippen LogP contribution in [0.1, 0.15) is 24.5 Å². The highest BCUT2D eigenvalue weighted by Gasteiger charge is 2.32. The molecule has 7 heteroatoms. The summed E-state index contributed by atoms with van der Waals surface area (Å²) in [7, 11) is 0. The quantitative estimate of drug-likeness (QED) is 0.695. The average molecular weight is 319 g/mol. The smallest absolute Gasteiger partial charge is 0.305 e. The minimum atomic E-state index is -1.01. The van der Waals surface area contributed by atoms with E-state index < -0.39 is 11.2 Å². The molecule has 116 valence electrons. The van der Waals surface area contributed by atoms with Crippen LogP contribution in [0.15, 0.2) is 35.9 Å². The Bertz CT molecular complexity index is 625. The Kier molecular flexibility index (Phi) is 5.21. The average Bonchev–Trinajstić information content (AvgIpc) is 2.84. The fraction of sp³-hybridized carbons (Fsp3) is 0.267. The largest absolute Gasteiger partial charge is 0.481 e. The Hall–Kier alpha value is -2.28. The Labute approximate surface area is 132 Å². The SMILES string of the molecule is C=C(NN=C1NC(=O)C(CC(=O)O)S1)c1ccc(CC)cc1. The number of nitrogens with zero attached hydrogens (tertiary/aromatic N) is 1. The van der Waals surface area contributed by atoms with Crippen molar-refractivity contribution >= 4 is 34.5 Å². The van der Waals surface area contributed by atoms with E-state index in [9.17, 15) is 9.59 Å². The van der Waals surface area contributed by atoms with Gasteiger partial charge in [0.05, 0.1) is 12.1 Å². The molecule has 1 aliphatic heterocycles. The molecule has 1 unspecified atom stereocenters. The number of aryl methyl sites for hydroxylation is 1. The van der Waals surface area contributed by atoms with Gasteiger partial charge in [-0.3, -0.25) is 15.0 Å². The number of carbonyl (C=O) groups is 2. The third-order valence-corrected chi connectivity index (χ3v) is 4.22. The fourth-order valence-corrected chi connectivity index (χ4v) is 2.79. The van der Waals surface area contributed by atoms with Gasteiger partial charge in [-0.15, -0.1) is 5.10 Å². The van der Waals surface area contributed by atoms with Crippen LogP contribution in [0.4, 0.5) is 0 Å². The lowest BCUT2D eigenvalue weighted by Crippen LogP contribution is -2.27. The summed E-state index contributed by atoms with van der Waals surface area (Å²) in [4.78, 5) is 22.2. The summed E-state index contributed by atoms with van der Waals surface area (Å²) in [5, 5.41) is 15.0. The van der Waals surface area contributed by atoms with Crippen molar-refractivity contribution in [3.8, 4) is 0 Å². The van der Waals surface area contributed by atoms with E-state index in [2.05, 4.69) is 29.3 Å². The summed E-state index contributed by atoms with van der Waals surface area (Å²) in [6.45, 7) is 5.98. The van der Waals surface area contributed by atoms with Crippen molar-refractivity contribution in [3.63, 3.8) is 0 Å². The number of thioether (sulfide) groups is 1. The van der Waals surface area contributed by atoms with Gasteiger partial charge in [-0.2, -0.15) is 0 Å². The summed E-state index contributed by atoms with van der Waals surface area (Å²) in [6, 6.07) is 7.93. The number of nitrogens with one attached hydrogen (secondary N) is 2. The first-order chi connectivity index (χ1) is 10.5. The van der Waals surface area contributed by atoms with E-state index >= 15 is 0 Å². The Morgan fingerprint density at radius 3 is 2.73 bits per heavy atom. The molecule has 22 heavy (non-hydrogen) atoms. The third-order valence-electron chi connectivity index (χ3n) is 3.14. The van der Waals surface area contributed by atoms with E-state index in [0.29, 0.717) is 10.9 Å². The molecule has 0 spiro atoms. The van der Waals surface area contributed by atoms with Crippen molar-refractivity contribution < 1.29 is 14.7 Å². The number of hydrazone groups is 1. The lowest BCUT2D eigenvalue weighted by Gasteiger charge is -2.06. The molecular weight excluding hydrogens is 302 g/mol. The van der Waals surface area contributed by atoms with Gasteiger partial charge in [-0.05, 0) is 17.5 Å². The van der Waals surface area contributed by atoms with Gasteiger partial charge in [-0.25, -0.2) is 0 Å². The second-order valence-electron chi connectivity index (χ2n) is 4.75. The van der Waals surface area contributed by atoms with E-state index in [4.69, 9.17) is 5.11 Å². The van der Waals surface area contributed by atoms with Crippen LogP contribution < -0.4 is 10.7 Å². The Balaban J connectivity index is 1.95. The van der Waals surface area contributed by atoms with Crippen LogP contribution in [0.2, 0.25) is 0 Å². The van der Waals surface area contributed by atoms with Crippen molar-refractivity contribution in [1.82, 2.24) is 10.7 Å². The van der Waals surface area contributed by atoms with E-state index in [0.717, 1.165) is 23.7 Å². The van der Waals surface area contributed by atoms with Gasteiger partial charge in [-0.1, -0.05) is 49.5 Å². The van der Waals surface area contributed by atoms with Crippen LogP contribution in [0.5, 0.6) is 0 Å². The van der Waals surface area contributed by atoms with E-state index in [1.54, 1.807) is 0 Å². The van der Waals surface area contributed by atoms with Crippen molar-refractivity contribution in [2.24, 2.45) is 5.10 Å². The van der Waals surface area contributed by atoms with Gasteiger partial charge in [0.1, 0.15) is 5.25 Å². The highest BCUT2D eigenvalue weighted by atomic mass is 32.2. The summed E-state index contributed by atoms with van der Waals surface area (Å²) < 4.78 is 0. The van der Waals surface area contributed by atoms with Crippen LogP contribution >= 0.6 is 11.8 Å². The molecule has 0 bridgehead atoms. The number of rotatable bonds is 6. The number of aliphatic carboxylic acids is 1. The molecule has 1 fully saturated rings. The normalized spacial score (nSPS) is 19.0. The molecule has 1 aromatic carbocycles. The minimum Gasteiger partial charge on any atom is -0.481 e. The predicted molar refractivity (Wildman–Crippen MR) is 87.2 cm³/mol. The Morgan fingerprint density at radius 1 is 1.45 bits per heavy atom. The number of carboxylic acids is 1. The second-order valence-corrected chi connectivity index (χ2v) is 5.94. The van der Waals surface area contributed by atoms with Crippen LogP contribution in [-0.2, 0) is 16.0 Å². The van der Waals surface area contributed by atoms with Gasteiger partial charge in [0.15, 0.2) is 5.17 Å². The maximum Gasteiger partial charge on any atom is 0.305 e. The molecule has 1 aliphatic rings. The molecular formula is C15H17N3O3S. The summed E-state index contributed by atoms with van der Waals surface area (Å²) in [5.74, 6) is -1.35. The van der Waals surface area contributed by atoms with Gasteiger partial charge in [0.25, 0.3) is 0 Å². The zero-order chi connectivity index (χ0) is 16.1. The van der Waals surface area contributed by atoms with Gasteiger partial charge in [0.2, 0.25) is 5.91 Å². The van der Waals surface area contributed by atoms with Crippen LogP contribution in [0.3, 0.4) is 0 Å². The highest BCUT2D eigenvalue weighted by Crippen LogP contribution is 2.22. The first-order valence-corrected chi connectivity index (χ1v) is 7.68. The van der Waals surface area contributed by atoms with Crippen molar-refractivity contribution in [3.05, 3.63) is 42.0 Å². The zero-order valence-electron chi connectivity index (χ0n) is 12.1. The maximum absolute atomic E-state index is 11.6. The first-order valence-electron chi connectivity index (χ1n) is 6.80. The van der Waals surface area contributed by atoms with Crippen molar-refractivity contribution in [2.75, 3.05) is 0 Å². The summed E-state index contributed by atoms with van der Waals surface area (Å²) in [6.07, 6.45) is 0.741. The number of amidine groups is 1.